The topological polar surface area (TPSA) is 62.3 Å². The van der Waals surface area contributed by atoms with E-state index in [-0.39, 0.29) is 5.84 Å². The number of amidine groups is 1. The molecular weight excluding hydrogens is 238 g/mol. The largest absolute Gasteiger partial charge is 0.384 e. The molecule has 0 aromatic heterocycles. The first-order valence-electron chi connectivity index (χ1n) is 6.51. The lowest BCUT2D eigenvalue weighted by Crippen LogP contribution is -2.36. The second kappa shape index (κ2) is 4.80. The van der Waals surface area contributed by atoms with Gasteiger partial charge in [-0.3, -0.25) is 5.41 Å². The van der Waals surface area contributed by atoms with Gasteiger partial charge in [0, 0.05) is 11.8 Å². The summed E-state index contributed by atoms with van der Waals surface area (Å²) < 4.78 is 0. The van der Waals surface area contributed by atoms with Crippen molar-refractivity contribution in [2.75, 3.05) is 0 Å². The van der Waals surface area contributed by atoms with Crippen LogP contribution in [0.4, 0.5) is 0 Å². The van der Waals surface area contributed by atoms with Crippen LogP contribution in [0.3, 0.4) is 0 Å². The molecule has 3 rings (SSSR count). The first-order valence-corrected chi connectivity index (χ1v) is 6.51. The first-order chi connectivity index (χ1) is 9.24. The van der Waals surface area contributed by atoms with E-state index in [1.807, 2.05) is 41.6 Å². The second-order valence-corrected chi connectivity index (χ2v) is 4.88. The maximum absolute atomic E-state index is 7.45. The molecule has 1 aromatic carbocycles. The minimum absolute atomic E-state index is 0.193. The van der Waals surface area contributed by atoms with E-state index in [1.54, 1.807) is 0 Å². The van der Waals surface area contributed by atoms with Crippen LogP contribution in [0.15, 0.2) is 42.1 Å². The minimum atomic E-state index is 0.193. The lowest BCUT2D eigenvalue weighted by atomic mass is 9.94. The lowest BCUT2D eigenvalue weighted by molar-refractivity contribution is -0.0520. The molecule has 1 aromatic rings. The zero-order chi connectivity index (χ0) is 13.2. The summed E-state index contributed by atoms with van der Waals surface area (Å²) in [5.41, 5.74) is 7.57. The van der Waals surface area contributed by atoms with Crippen LogP contribution in [0.1, 0.15) is 24.8 Å². The van der Waals surface area contributed by atoms with Crippen molar-refractivity contribution in [3.05, 3.63) is 47.7 Å². The van der Waals surface area contributed by atoms with Crippen LogP contribution < -0.4 is 10.6 Å². The van der Waals surface area contributed by atoms with Gasteiger partial charge in [0.2, 0.25) is 0 Å². The molecule has 19 heavy (non-hydrogen) atoms. The third-order valence-electron chi connectivity index (χ3n) is 3.61. The van der Waals surface area contributed by atoms with E-state index < -0.39 is 0 Å². The van der Waals surface area contributed by atoms with Crippen LogP contribution in [-0.4, -0.2) is 16.9 Å². The number of nitrogens with two attached hydrogens (primary N) is 1. The number of rotatable bonds is 2. The standard InChI is InChI=1S/C15H17N3O/c16-15(17)12-5-7-13(8-6-12)18-10-9-11-3-1-2-4-14(11)19-18/h1-5,9-10,13H,6-8H2,(H3,16,17). The number of hydrogen-bond acceptors (Lipinski definition) is 3. The third kappa shape index (κ3) is 2.34. The Kier molecular flexibility index (Phi) is 2.99. The van der Waals surface area contributed by atoms with Crippen molar-refractivity contribution in [3.8, 4) is 5.75 Å². The van der Waals surface area contributed by atoms with Gasteiger partial charge in [0.15, 0.2) is 5.75 Å². The molecule has 98 valence electrons. The zero-order valence-electron chi connectivity index (χ0n) is 10.7. The Balaban J connectivity index is 1.72. The summed E-state index contributed by atoms with van der Waals surface area (Å²) in [5.74, 6) is 1.09. The number of hydroxylamine groups is 2. The molecule has 2 aliphatic rings. The molecule has 1 heterocycles. The summed E-state index contributed by atoms with van der Waals surface area (Å²) in [4.78, 5) is 5.90. The van der Waals surface area contributed by atoms with E-state index in [4.69, 9.17) is 16.0 Å². The highest BCUT2D eigenvalue weighted by Crippen LogP contribution is 2.29. The predicted octanol–water partition coefficient (Wildman–Crippen LogP) is 2.68. The first kappa shape index (κ1) is 11.8. The van der Waals surface area contributed by atoms with Crippen LogP contribution in [0.5, 0.6) is 5.75 Å². The van der Waals surface area contributed by atoms with Gasteiger partial charge in [0.25, 0.3) is 0 Å². The fraction of sp³-hybridized carbons (Fsp3) is 0.267. The van der Waals surface area contributed by atoms with Crippen molar-refractivity contribution in [1.82, 2.24) is 5.06 Å². The number of hydrogen-bond donors (Lipinski definition) is 2. The van der Waals surface area contributed by atoms with E-state index >= 15 is 0 Å². The van der Waals surface area contributed by atoms with Gasteiger partial charge in [0.1, 0.15) is 5.84 Å². The molecule has 1 unspecified atom stereocenters. The molecular formula is C15H17N3O. The highest BCUT2D eigenvalue weighted by Gasteiger charge is 2.23. The van der Waals surface area contributed by atoms with Crippen molar-refractivity contribution in [2.24, 2.45) is 5.73 Å². The Morgan fingerprint density at radius 3 is 2.95 bits per heavy atom. The lowest BCUT2D eigenvalue weighted by Gasteiger charge is -2.34. The summed E-state index contributed by atoms with van der Waals surface area (Å²) in [6, 6.07) is 8.31. The van der Waals surface area contributed by atoms with Crippen LogP contribution in [0.2, 0.25) is 0 Å². The summed E-state index contributed by atoms with van der Waals surface area (Å²) >= 11 is 0. The van der Waals surface area contributed by atoms with Crippen LogP contribution in [-0.2, 0) is 0 Å². The third-order valence-corrected chi connectivity index (χ3v) is 3.61. The Hall–Kier alpha value is -2.23. The Morgan fingerprint density at radius 2 is 2.21 bits per heavy atom. The predicted molar refractivity (Wildman–Crippen MR) is 75.6 cm³/mol. The van der Waals surface area contributed by atoms with Crippen molar-refractivity contribution in [1.29, 1.82) is 5.41 Å². The molecule has 1 aliphatic heterocycles. The molecule has 4 heteroatoms. The van der Waals surface area contributed by atoms with Crippen LogP contribution in [0, 0.1) is 5.41 Å². The number of fused-ring (bicyclic) bond motifs is 1. The molecule has 0 spiro atoms. The molecule has 0 saturated heterocycles. The van der Waals surface area contributed by atoms with E-state index in [0.29, 0.717) is 6.04 Å². The van der Waals surface area contributed by atoms with Crippen molar-refractivity contribution in [2.45, 2.75) is 25.3 Å². The van der Waals surface area contributed by atoms with E-state index in [0.717, 1.165) is 36.1 Å². The molecule has 1 aliphatic carbocycles. The normalized spacial score (nSPS) is 21.4. The number of nitrogens with one attached hydrogen (secondary N) is 1. The SMILES string of the molecule is N=C(N)C1=CCC(N2C=Cc3ccccc3O2)CC1. The Morgan fingerprint density at radius 1 is 1.37 bits per heavy atom. The molecule has 0 saturated carbocycles. The van der Waals surface area contributed by atoms with E-state index in [9.17, 15) is 0 Å². The van der Waals surface area contributed by atoms with E-state index in [2.05, 4.69) is 6.08 Å². The number of para-hydroxylation sites is 1. The summed E-state index contributed by atoms with van der Waals surface area (Å²) in [6.45, 7) is 0. The minimum Gasteiger partial charge on any atom is -0.384 e. The van der Waals surface area contributed by atoms with Gasteiger partial charge >= 0.3 is 0 Å². The summed E-state index contributed by atoms with van der Waals surface area (Å²) in [5, 5.41) is 9.36. The average molecular weight is 255 g/mol. The fourth-order valence-electron chi connectivity index (χ4n) is 2.49. The van der Waals surface area contributed by atoms with Gasteiger partial charge in [-0.1, -0.05) is 24.3 Å². The highest BCUT2D eigenvalue weighted by molar-refractivity contribution is 5.94. The quantitative estimate of drug-likeness (QED) is 0.631. The maximum Gasteiger partial charge on any atom is 0.162 e. The second-order valence-electron chi connectivity index (χ2n) is 4.88. The summed E-state index contributed by atoms with van der Waals surface area (Å²) in [6.07, 6.45) is 8.77. The monoisotopic (exact) mass is 255 g/mol. The zero-order valence-corrected chi connectivity index (χ0v) is 10.7. The van der Waals surface area contributed by atoms with Gasteiger partial charge in [-0.25, -0.2) is 5.06 Å². The Labute approximate surface area is 112 Å². The molecule has 0 bridgehead atoms. The van der Waals surface area contributed by atoms with Gasteiger partial charge in [-0.2, -0.15) is 0 Å². The van der Waals surface area contributed by atoms with Crippen molar-refractivity contribution < 1.29 is 4.84 Å². The van der Waals surface area contributed by atoms with Gasteiger partial charge in [-0.05, 0) is 37.0 Å². The molecule has 3 N–H and O–H groups in total. The number of nitrogens with zero attached hydrogens (tertiary/aromatic N) is 1. The molecule has 0 fully saturated rings. The van der Waals surface area contributed by atoms with Gasteiger partial charge in [0.05, 0.1) is 6.04 Å². The van der Waals surface area contributed by atoms with Gasteiger partial charge < -0.3 is 10.6 Å². The van der Waals surface area contributed by atoms with Crippen molar-refractivity contribution >= 4 is 11.9 Å². The number of benzene rings is 1. The van der Waals surface area contributed by atoms with Crippen LogP contribution >= 0.6 is 0 Å². The van der Waals surface area contributed by atoms with E-state index in [1.165, 1.54) is 0 Å². The van der Waals surface area contributed by atoms with Crippen molar-refractivity contribution in [3.63, 3.8) is 0 Å². The molecule has 0 radical (unpaired) electrons. The Bertz CT molecular complexity index is 562. The molecule has 1 atom stereocenters. The fourth-order valence-corrected chi connectivity index (χ4v) is 2.49. The highest BCUT2D eigenvalue weighted by atomic mass is 16.7. The average Bonchev–Trinajstić information content (AvgIpc) is 2.47. The van der Waals surface area contributed by atoms with Crippen LogP contribution in [0.25, 0.3) is 6.08 Å². The summed E-state index contributed by atoms with van der Waals surface area (Å²) in [7, 11) is 0. The van der Waals surface area contributed by atoms with Gasteiger partial charge in [-0.15, -0.1) is 0 Å². The maximum atomic E-state index is 7.45. The molecule has 4 nitrogen and oxygen atoms in total. The molecule has 0 amide bonds. The smallest absolute Gasteiger partial charge is 0.162 e.